The molecule has 1 atom stereocenters. The van der Waals surface area contributed by atoms with E-state index in [1.54, 1.807) is 30.1 Å². The van der Waals surface area contributed by atoms with Crippen LogP contribution >= 0.6 is 0 Å². The quantitative estimate of drug-likeness (QED) is 0.730. The third-order valence-corrected chi connectivity index (χ3v) is 3.26. The fourth-order valence-electron chi connectivity index (χ4n) is 2.12. The number of nitrogens with one attached hydrogen (secondary N) is 1. The maximum absolute atomic E-state index is 13.1. The van der Waals surface area contributed by atoms with Crippen LogP contribution in [0.25, 0.3) is 0 Å². The third kappa shape index (κ3) is 5.46. The van der Waals surface area contributed by atoms with E-state index in [-0.39, 0.29) is 12.3 Å². The highest BCUT2D eigenvalue weighted by atomic mass is 19.1. The number of rotatable bonds is 8. The van der Waals surface area contributed by atoms with Crippen molar-refractivity contribution in [3.8, 4) is 0 Å². The predicted octanol–water partition coefficient (Wildman–Crippen LogP) is 2.12. The van der Waals surface area contributed by atoms with Crippen LogP contribution in [0.5, 0.6) is 0 Å². The zero-order valence-electron chi connectivity index (χ0n) is 12.9. The highest BCUT2D eigenvalue weighted by molar-refractivity contribution is 5.90. The molecule has 1 unspecified atom stereocenters. The van der Waals surface area contributed by atoms with Gasteiger partial charge in [-0.2, -0.15) is 5.10 Å². The fourth-order valence-corrected chi connectivity index (χ4v) is 2.12. The summed E-state index contributed by atoms with van der Waals surface area (Å²) in [6.07, 6.45) is 1.35. The number of hydrogen-bond acceptors (Lipinski definition) is 4. The highest BCUT2D eigenvalue weighted by Gasteiger charge is 2.14. The lowest BCUT2D eigenvalue weighted by molar-refractivity contribution is -0.118. The lowest BCUT2D eigenvalue weighted by atomic mass is 10.1. The highest BCUT2D eigenvalue weighted by Crippen LogP contribution is 2.18. The predicted molar refractivity (Wildman–Crippen MR) is 83.3 cm³/mol. The molecular formula is C16H20FN3O3. The zero-order valence-corrected chi connectivity index (χ0v) is 12.9. The number of methoxy groups -OCH3 is 1. The number of amides is 1. The number of aliphatic hydroxyl groups excluding tert-OH is 1. The normalized spacial score (nSPS) is 12.1. The number of benzene rings is 1. The Kier molecular flexibility index (Phi) is 6.25. The van der Waals surface area contributed by atoms with Crippen molar-refractivity contribution in [2.75, 3.05) is 19.0 Å². The molecule has 0 radical (unpaired) electrons. The minimum Gasteiger partial charge on any atom is -0.388 e. The molecule has 0 aliphatic rings. The van der Waals surface area contributed by atoms with Crippen LogP contribution in [-0.4, -0.2) is 34.5 Å². The summed E-state index contributed by atoms with van der Waals surface area (Å²) in [5.74, 6) is -0.417. The second kappa shape index (κ2) is 8.40. The number of halogens is 1. The molecule has 0 aliphatic carbocycles. The molecular weight excluding hydrogens is 301 g/mol. The van der Waals surface area contributed by atoms with Gasteiger partial charge in [-0.05, 0) is 24.1 Å². The Morgan fingerprint density at radius 3 is 3.04 bits per heavy atom. The molecule has 0 saturated heterocycles. The van der Waals surface area contributed by atoms with Crippen molar-refractivity contribution in [2.24, 2.45) is 0 Å². The monoisotopic (exact) mass is 321 g/mol. The second-order valence-corrected chi connectivity index (χ2v) is 5.13. The molecule has 2 rings (SSSR count). The van der Waals surface area contributed by atoms with Crippen LogP contribution in [0.2, 0.25) is 0 Å². The van der Waals surface area contributed by atoms with Crippen molar-refractivity contribution >= 4 is 11.7 Å². The molecule has 0 fully saturated rings. The van der Waals surface area contributed by atoms with Crippen LogP contribution in [0, 0.1) is 5.82 Å². The van der Waals surface area contributed by atoms with Crippen LogP contribution in [0.4, 0.5) is 10.2 Å². The Morgan fingerprint density at radius 2 is 2.30 bits per heavy atom. The fraction of sp³-hybridized carbons (Fsp3) is 0.375. The van der Waals surface area contributed by atoms with E-state index in [2.05, 4.69) is 10.4 Å². The molecule has 1 heterocycles. The number of hydrogen-bond donors (Lipinski definition) is 2. The van der Waals surface area contributed by atoms with Crippen molar-refractivity contribution in [1.82, 2.24) is 9.78 Å². The van der Waals surface area contributed by atoms with Crippen molar-refractivity contribution in [3.63, 3.8) is 0 Å². The van der Waals surface area contributed by atoms with Crippen molar-refractivity contribution < 1.29 is 19.0 Å². The van der Waals surface area contributed by atoms with Crippen LogP contribution < -0.4 is 5.32 Å². The lowest BCUT2D eigenvalue weighted by Crippen LogP contribution is -2.16. The molecule has 124 valence electrons. The van der Waals surface area contributed by atoms with Gasteiger partial charge in [0.1, 0.15) is 5.82 Å². The van der Waals surface area contributed by atoms with E-state index in [0.717, 1.165) is 6.42 Å². The van der Waals surface area contributed by atoms with E-state index >= 15 is 0 Å². The van der Waals surface area contributed by atoms with Gasteiger partial charge >= 0.3 is 0 Å². The molecule has 2 N–H and O–H groups in total. The number of aryl methyl sites for hydroxylation is 1. The van der Waals surface area contributed by atoms with Gasteiger partial charge in [-0.25, -0.2) is 4.39 Å². The Labute approximate surface area is 133 Å². The lowest BCUT2D eigenvalue weighted by Gasteiger charge is -2.10. The first-order valence-electron chi connectivity index (χ1n) is 7.34. The Hall–Kier alpha value is -2.25. The first-order chi connectivity index (χ1) is 11.1. The Balaban J connectivity index is 1.84. The third-order valence-electron chi connectivity index (χ3n) is 3.26. The summed E-state index contributed by atoms with van der Waals surface area (Å²) in [4.78, 5) is 11.9. The second-order valence-electron chi connectivity index (χ2n) is 5.13. The number of aromatic nitrogens is 2. The largest absolute Gasteiger partial charge is 0.388 e. The van der Waals surface area contributed by atoms with E-state index in [4.69, 9.17) is 4.74 Å². The molecule has 0 aliphatic heterocycles. The van der Waals surface area contributed by atoms with Gasteiger partial charge in [0, 0.05) is 32.5 Å². The van der Waals surface area contributed by atoms with E-state index in [9.17, 15) is 14.3 Å². The number of ether oxygens (including phenoxy) is 1. The summed E-state index contributed by atoms with van der Waals surface area (Å²) in [6, 6.07) is 7.24. The number of anilines is 1. The van der Waals surface area contributed by atoms with E-state index in [0.29, 0.717) is 24.5 Å². The molecule has 0 bridgehead atoms. The molecule has 1 amide bonds. The molecule has 0 spiro atoms. The van der Waals surface area contributed by atoms with Gasteiger partial charge in [0.2, 0.25) is 5.91 Å². The van der Waals surface area contributed by atoms with Gasteiger partial charge in [0.25, 0.3) is 0 Å². The standard InChI is InChI=1S/C16H20FN3O3/c1-23-9-3-7-20-8-6-15(19-20)18-16(22)11-14(21)12-4-2-5-13(17)10-12/h2,4-6,8,10,14,21H,3,7,9,11H2,1H3,(H,18,19,22). The van der Waals surface area contributed by atoms with Gasteiger partial charge in [0.05, 0.1) is 12.5 Å². The van der Waals surface area contributed by atoms with Gasteiger partial charge in [-0.15, -0.1) is 0 Å². The summed E-state index contributed by atoms with van der Waals surface area (Å²) < 4.78 is 19.8. The SMILES string of the molecule is COCCCn1ccc(NC(=O)CC(O)c2cccc(F)c2)n1. The van der Waals surface area contributed by atoms with E-state index in [1.807, 2.05) is 0 Å². The average molecular weight is 321 g/mol. The topological polar surface area (TPSA) is 76.4 Å². The van der Waals surface area contributed by atoms with Gasteiger partial charge in [0.15, 0.2) is 5.82 Å². The number of carbonyl (C=O) groups is 1. The van der Waals surface area contributed by atoms with E-state index < -0.39 is 11.9 Å². The minimum absolute atomic E-state index is 0.167. The number of aliphatic hydroxyl groups is 1. The van der Waals surface area contributed by atoms with Gasteiger partial charge in [-0.1, -0.05) is 12.1 Å². The number of nitrogens with zero attached hydrogens (tertiary/aromatic N) is 2. The van der Waals surface area contributed by atoms with Gasteiger partial charge in [-0.3, -0.25) is 9.48 Å². The molecule has 1 aromatic heterocycles. The van der Waals surface area contributed by atoms with Crippen molar-refractivity contribution in [2.45, 2.75) is 25.5 Å². The molecule has 0 saturated carbocycles. The molecule has 1 aromatic carbocycles. The molecule has 6 nitrogen and oxygen atoms in total. The Bertz CT molecular complexity index is 645. The zero-order chi connectivity index (χ0) is 16.7. The van der Waals surface area contributed by atoms with Crippen LogP contribution in [0.1, 0.15) is 24.5 Å². The minimum atomic E-state index is -1.06. The summed E-state index contributed by atoms with van der Waals surface area (Å²) in [5.41, 5.74) is 0.366. The van der Waals surface area contributed by atoms with Crippen molar-refractivity contribution in [3.05, 3.63) is 47.9 Å². The summed E-state index contributed by atoms with van der Waals surface area (Å²) >= 11 is 0. The first-order valence-corrected chi connectivity index (χ1v) is 7.34. The summed E-state index contributed by atoms with van der Waals surface area (Å²) in [7, 11) is 1.64. The number of carbonyl (C=O) groups excluding carboxylic acids is 1. The van der Waals surface area contributed by atoms with Crippen molar-refractivity contribution in [1.29, 1.82) is 0 Å². The summed E-state index contributed by atoms with van der Waals surface area (Å²) in [6.45, 7) is 1.33. The van der Waals surface area contributed by atoms with E-state index in [1.165, 1.54) is 18.2 Å². The molecule has 2 aromatic rings. The van der Waals surface area contributed by atoms with Crippen LogP contribution in [0.15, 0.2) is 36.5 Å². The maximum atomic E-state index is 13.1. The maximum Gasteiger partial charge on any atom is 0.228 e. The molecule has 23 heavy (non-hydrogen) atoms. The smallest absolute Gasteiger partial charge is 0.228 e. The summed E-state index contributed by atoms with van der Waals surface area (Å²) in [5, 5.41) is 16.8. The first kappa shape index (κ1) is 17.1. The van der Waals surface area contributed by atoms with Crippen LogP contribution in [-0.2, 0) is 16.1 Å². The average Bonchev–Trinajstić information content (AvgIpc) is 2.94. The van der Waals surface area contributed by atoms with Crippen LogP contribution in [0.3, 0.4) is 0 Å². The molecule has 7 heteroatoms. The van der Waals surface area contributed by atoms with Gasteiger partial charge < -0.3 is 15.2 Å². The Morgan fingerprint density at radius 1 is 1.48 bits per heavy atom.